The molecule has 2 unspecified atom stereocenters. The Kier molecular flexibility index (Phi) is 4.78. The Labute approximate surface area is 155 Å². The van der Waals surface area contributed by atoms with E-state index >= 15 is 0 Å². The van der Waals surface area contributed by atoms with E-state index in [0.717, 1.165) is 50.7 Å². The van der Waals surface area contributed by atoms with Gasteiger partial charge in [-0.25, -0.2) is 0 Å². The highest BCUT2D eigenvalue weighted by Crippen LogP contribution is 2.59. The number of amides is 1. The maximum atomic E-state index is 12.9. The highest BCUT2D eigenvalue weighted by atomic mass is 35.5. The minimum atomic E-state index is 0.301. The summed E-state index contributed by atoms with van der Waals surface area (Å²) < 4.78 is 0. The van der Waals surface area contributed by atoms with Gasteiger partial charge in [0, 0.05) is 43.2 Å². The van der Waals surface area contributed by atoms with Crippen molar-refractivity contribution in [3.63, 3.8) is 0 Å². The molecule has 4 rings (SSSR count). The summed E-state index contributed by atoms with van der Waals surface area (Å²) in [4.78, 5) is 17.5. The van der Waals surface area contributed by atoms with Crippen LogP contribution in [0.2, 0.25) is 5.02 Å². The van der Waals surface area contributed by atoms with E-state index in [1.807, 2.05) is 12.1 Å². The molecular weight excluding hydrogens is 334 g/mol. The summed E-state index contributed by atoms with van der Waals surface area (Å²) in [6.07, 6.45) is 3.48. The summed E-state index contributed by atoms with van der Waals surface area (Å²) in [6.45, 7) is 8.04. The molecule has 1 saturated carbocycles. The first-order valence-corrected chi connectivity index (χ1v) is 9.96. The second-order valence-electron chi connectivity index (χ2n) is 7.96. The number of piperidine rings is 1. The van der Waals surface area contributed by atoms with Crippen LogP contribution >= 0.6 is 11.6 Å². The van der Waals surface area contributed by atoms with Crippen molar-refractivity contribution in [2.24, 2.45) is 11.3 Å². The van der Waals surface area contributed by atoms with Crippen LogP contribution in [0.25, 0.3) is 0 Å². The summed E-state index contributed by atoms with van der Waals surface area (Å²) >= 11 is 5.99. The quantitative estimate of drug-likeness (QED) is 0.899. The first-order valence-electron chi connectivity index (χ1n) is 9.58. The van der Waals surface area contributed by atoms with Gasteiger partial charge in [0.05, 0.1) is 0 Å². The zero-order chi connectivity index (χ0) is 17.4. The Balaban J connectivity index is 1.31. The van der Waals surface area contributed by atoms with E-state index in [-0.39, 0.29) is 0 Å². The van der Waals surface area contributed by atoms with Gasteiger partial charge in [-0.15, -0.1) is 0 Å². The van der Waals surface area contributed by atoms with Gasteiger partial charge in [-0.05, 0) is 62.4 Å². The van der Waals surface area contributed by atoms with E-state index in [0.29, 0.717) is 23.3 Å². The van der Waals surface area contributed by atoms with Crippen molar-refractivity contribution in [3.8, 4) is 0 Å². The third-order valence-corrected chi connectivity index (χ3v) is 6.87. The topological polar surface area (TPSA) is 35.6 Å². The fourth-order valence-corrected chi connectivity index (χ4v) is 4.80. The minimum Gasteiger partial charge on any atom is -0.340 e. The summed E-state index contributed by atoms with van der Waals surface area (Å²) in [5.74, 6) is 0.718. The molecule has 25 heavy (non-hydrogen) atoms. The highest BCUT2D eigenvalue weighted by Gasteiger charge is 2.58. The maximum absolute atomic E-state index is 12.9. The Morgan fingerprint density at radius 1 is 1.16 bits per heavy atom. The van der Waals surface area contributed by atoms with Crippen LogP contribution in [0.15, 0.2) is 24.3 Å². The first-order chi connectivity index (χ1) is 12.1. The van der Waals surface area contributed by atoms with Gasteiger partial charge >= 0.3 is 0 Å². The van der Waals surface area contributed by atoms with Gasteiger partial charge in [-0.2, -0.15) is 0 Å². The number of halogens is 1. The zero-order valence-electron chi connectivity index (χ0n) is 15.0. The Morgan fingerprint density at radius 3 is 2.44 bits per heavy atom. The van der Waals surface area contributed by atoms with Crippen molar-refractivity contribution in [1.29, 1.82) is 0 Å². The average Bonchev–Trinajstić information content (AvgIpc) is 3.34. The average molecular weight is 362 g/mol. The van der Waals surface area contributed by atoms with Crippen LogP contribution in [0.1, 0.15) is 37.8 Å². The summed E-state index contributed by atoms with van der Waals surface area (Å²) in [5, 5.41) is 4.20. The fourth-order valence-electron chi connectivity index (χ4n) is 4.68. The molecule has 4 nitrogen and oxygen atoms in total. The highest BCUT2D eigenvalue weighted by molar-refractivity contribution is 6.30. The number of hydrogen-bond donors (Lipinski definition) is 1. The van der Waals surface area contributed by atoms with Gasteiger partial charge in [-0.1, -0.05) is 23.7 Å². The third-order valence-electron chi connectivity index (χ3n) is 6.61. The number of benzene rings is 1. The standard InChI is InChI=1S/C20H28ClN3O/c1-15(16-2-4-17(21)5-3-16)23-10-12-24(13-11-23)19(25)18-14-20(18)6-8-22-9-7-20/h2-5,15,18,22H,6-14H2,1H3. The van der Waals surface area contributed by atoms with E-state index in [1.54, 1.807) is 0 Å². The molecule has 136 valence electrons. The van der Waals surface area contributed by atoms with Crippen molar-refractivity contribution < 1.29 is 4.79 Å². The number of piperazine rings is 1. The molecule has 1 N–H and O–H groups in total. The monoisotopic (exact) mass is 361 g/mol. The Hall–Kier alpha value is -1.10. The SMILES string of the molecule is CC(c1ccc(Cl)cc1)N1CCN(C(=O)C2CC23CCNCC3)CC1. The lowest BCUT2D eigenvalue weighted by Gasteiger charge is -2.38. The summed E-state index contributed by atoms with van der Waals surface area (Å²) in [6, 6.07) is 8.49. The maximum Gasteiger partial charge on any atom is 0.226 e. The molecule has 0 bridgehead atoms. The fraction of sp³-hybridized carbons (Fsp3) is 0.650. The minimum absolute atomic E-state index is 0.301. The smallest absolute Gasteiger partial charge is 0.226 e. The molecule has 2 aliphatic heterocycles. The second kappa shape index (κ2) is 6.90. The van der Waals surface area contributed by atoms with E-state index in [4.69, 9.17) is 11.6 Å². The van der Waals surface area contributed by atoms with E-state index in [1.165, 1.54) is 18.4 Å². The molecule has 1 aliphatic carbocycles. The predicted molar refractivity (Wildman–Crippen MR) is 101 cm³/mol. The lowest BCUT2D eigenvalue weighted by Crippen LogP contribution is -2.50. The van der Waals surface area contributed by atoms with Crippen molar-refractivity contribution in [1.82, 2.24) is 15.1 Å². The van der Waals surface area contributed by atoms with Crippen molar-refractivity contribution in [3.05, 3.63) is 34.9 Å². The van der Waals surface area contributed by atoms with Crippen LogP contribution in [-0.4, -0.2) is 55.0 Å². The lowest BCUT2D eigenvalue weighted by molar-refractivity contribution is -0.135. The molecule has 3 fully saturated rings. The van der Waals surface area contributed by atoms with E-state index < -0.39 is 0 Å². The number of nitrogens with one attached hydrogen (secondary N) is 1. The Morgan fingerprint density at radius 2 is 1.80 bits per heavy atom. The molecule has 0 radical (unpaired) electrons. The van der Waals surface area contributed by atoms with Gasteiger partial charge < -0.3 is 10.2 Å². The second-order valence-corrected chi connectivity index (χ2v) is 8.39. The number of hydrogen-bond acceptors (Lipinski definition) is 3. The number of carbonyl (C=O) groups excluding carboxylic acids is 1. The van der Waals surface area contributed by atoms with Crippen LogP contribution in [0.5, 0.6) is 0 Å². The van der Waals surface area contributed by atoms with Crippen LogP contribution in [0, 0.1) is 11.3 Å². The van der Waals surface area contributed by atoms with Gasteiger partial charge in [0.25, 0.3) is 0 Å². The molecule has 5 heteroatoms. The molecular formula is C20H28ClN3O. The first kappa shape index (κ1) is 17.3. The number of rotatable bonds is 3. The normalized spacial score (nSPS) is 27.3. The molecule has 1 aromatic rings. The van der Waals surface area contributed by atoms with Crippen LogP contribution < -0.4 is 5.32 Å². The van der Waals surface area contributed by atoms with Gasteiger partial charge in [0.2, 0.25) is 5.91 Å². The zero-order valence-corrected chi connectivity index (χ0v) is 15.8. The molecule has 1 spiro atoms. The molecule has 2 saturated heterocycles. The summed E-state index contributed by atoms with van der Waals surface area (Å²) in [7, 11) is 0. The Bertz CT molecular complexity index is 618. The largest absolute Gasteiger partial charge is 0.340 e. The molecule has 1 amide bonds. The molecule has 2 heterocycles. The van der Waals surface area contributed by atoms with E-state index in [2.05, 4.69) is 34.2 Å². The van der Waals surface area contributed by atoms with Crippen molar-refractivity contribution in [2.75, 3.05) is 39.3 Å². The van der Waals surface area contributed by atoms with Crippen molar-refractivity contribution >= 4 is 17.5 Å². The van der Waals surface area contributed by atoms with Crippen LogP contribution in [0.3, 0.4) is 0 Å². The predicted octanol–water partition coefficient (Wildman–Crippen LogP) is 2.93. The number of carbonyl (C=O) groups is 1. The molecule has 0 aromatic heterocycles. The molecule has 1 aromatic carbocycles. The van der Waals surface area contributed by atoms with Crippen molar-refractivity contribution in [2.45, 2.75) is 32.2 Å². The molecule has 2 atom stereocenters. The van der Waals surface area contributed by atoms with Gasteiger partial charge in [-0.3, -0.25) is 9.69 Å². The van der Waals surface area contributed by atoms with Gasteiger partial charge in [0.15, 0.2) is 0 Å². The van der Waals surface area contributed by atoms with E-state index in [9.17, 15) is 4.79 Å². The number of nitrogens with zero attached hydrogens (tertiary/aromatic N) is 2. The van der Waals surface area contributed by atoms with Crippen LogP contribution in [0.4, 0.5) is 0 Å². The summed E-state index contributed by atoms with van der Waals surface area (Å²) in [5.41, 5.74) is 1.64. The lowest BCUT2D eigenvalue weighted by atomic mass is 9.91. The third kappa shape index (κ3) is 3.44. The molecule has 3 aliphatic rings. The van der Waals surface area contributed by atoms with Crippen LogP contribution in [-0.2, 0) is 4.79 Å². The van der Waals surface area contributed by atoms with Gasteiger partial charge in [0.1, 0.15) is 0 Å².